The molecule has 8 nitrogen and oxygen atoms in total. The Hall–Kier alpha value is -5.05. The number of urea groups is 1. The molecule has 0 bridgehead atoms. The Bertz CT molecular complexity index is 1550. The predicted molar refractivity (Wildman–Crippen MR) is 135 cm³/mol. The summed E-state index contributed by atoms with van der Waals surface area (Å²) in [4.78, 5) is 37.2. The predicted octanol–water partition coefficient (Wildman–Crippen LogP) is 5.56. The number of nitro groups is 1. The molecule has 0 unspecified atom stereocenters. The van der Waals surface area contributed by atoms with Crippen molar-refractivity contribution in [3.8, 4) is 5.75 Å². The fraction of sp³-hybridized carbons (Fsp3) is 0.0714. The first-order valence-electron chi connectivity index (χ1n) is 11.4. The van der Waals surface area contributed by atoms with Crippen molar-refractivity contribution < 1.29 is 23.6 Å². The van der Waals surface area contributed by atoms with E-state index in [0.717, 1.165) is 21.2 Å². The van der Waals surface area contributed by atoms with Gasteiger partial charge in [0.1, 0.15) is 23.9 Å². The second kappa shape index (κ2) is 9.90. The van der Waals surface area contributed by atoms with Gasteiger partial charge in [-0.05, 0) is 58.3 Å². The summed E-state index contributed by atoms with van der Waals surface area (Å²) in [6, 6.07) is 22.3. The third-order valence-corrected chi connectivity index (χ3v) is 5.98. The standard InChI is InChI=1S/C28H20FN3O5/c29-21-10-5-18(6-11-21)16-31-27(33)25(30-28(31)34)15-24-23-4-2-1-3-20(23)9-14-26(24)37-17-19-7-12-22(13-8-19)32(35)36/h1-15H,16-17H2,(H,30,34)/b25-15+. The number of carbonyl (C=O) groups excluding carboxylic acids is 2. The summed E-state index contributed by atoms with van der Waals surface area (Å²) in [6.07, 6.45) is 1.58. The second-order valence-electron chi connectivity index (χ2n) is 8.42. The van der Waals surface area contributed by atoms with Crippen LogP contribution in [0.1, 0.15) is 16.7 Å². The minimum absolute atomic E-state index is 0.00131. The van der Waals surface area contributed by atoms with Gasteiger partial charge in [0.15, 0.2) is 0 Å². The molecule has 37 heavy (non-hydrogen) atoms. The lowest BCUT2D eigenvalue weighted by molar-refractivity contribution is -0.384. The van der Waals surface area contributed by atoms with Crippen molar-refractivity contribution in [2.24, 2.45) is 0 Å². The van der Waals surface area contributed by atoms with Gasteiger partial charge >= 0.3 is 6.03 Å². The molecule has 0 spiro atoms. The lowest BCUT2D eigenvalue weighted by Crippen LogP contribution is -2.30. The maximum Gasteiger partial charge on any atom is 0.329 e. The number of non-ortho nitro benzene ring substituents is 1. The van der Waals surface area contributed by atoms with Gasteiger partial charge in [0, 0.05) is 17.7 Å². The van der Waals surface area contributed by atoms with Crippen molar-refractivity contribution in [2.45, 2.75) is 13.2 Å². The van der Waals surface area contributed by atoms with Crippen LogP contribution < -0.4 is 10.1 Å². The molecule has 1 saturated heterocycles. The van der Waals surface area contributed by atoms with Gasteiger partial charge in [-0.3, -0.25) is 19.8 Å². The maximum absolute atomic E-state index is 13.2. The molecule has 1 heterocycles. The number of nitro benzene ring substituents is 1. The number of amides is 3. The van der Waals surface area contributed by atoms with Crippen molar-refractivity contribution in [2.75, 3.05) is 0 Å². The van der Waals surface area contributed by atoms with Crippen LogP contribution in [0.15, 0.2) is 90.6 Å². The molecule has 184 valence electrons. The number of hydrogen-bond donors (Lipinski definition) is 1. The van der Waals surface area contributed by atoms with Gasteiger partial charge in [0.25, 0.3) is 11.6 Å². The molecule has 1 aliphatic heterocycles. The Labute approximate surface area is 210 Å². The fourth-order valence-corrected chi connectivity index (χ4v) is 4.06. The van der Waals surface area contributed by atoms with Gasteiger partial charge in [-0.25, -0.2) is 9.18 Å². The number of ether oxygens (including phenoxy) is 1. The lowest BCUT2D eigenvalue weighted by atomic mass is 10.0. The van der Waals surface area contributed by atoms with Gasteiger partial charge in [-0.1, -0.05) is 42.5 Å². The minimum Gasteiger partial charge on any atom is -0.488 e. The molecule has 0 radical (unpaired) electrons. The van der Waals surface area contributed by atoms with E-state index in [0.29, 0.717) is 16.9 Å². The molecule has 0 atom stereocenters. The first kappa shape index (κ1) is 23.7. The van der Waals surface area contributed by atoms with Crippen molar-refractivity contribution >= 4 is 34.5 Å². The van der Waals surface area contributed by atoms with Crippen molar-refractivity contribution in [3.05, 3.63) is 123 Å². The summed E-state index contributed by atoms with van der Waals surface area (Å²) < 4.78 is 19.3. The maximum atomic E-state index is 13.2. The largest absolute Gasteiger partial charge is 0.488 e. The molecular weight excluding hydrogens is 477 g/mol. The summed E-state index contributed by atoms with van der Waals surface area (Å²) in [5.41, 5.74) is 2.02. The molecule has 0 saturated carbocycles. The molecule has 4 aromatic carbocycles. The summed E-state index contributed by atoms with van der Waals surface area (Å²) in [5.74, 6) is -0.439. The van der Waals surface area contributed by atoms with Crippen molar-refractivity contribution in [3.63, 3.8) is 0 Å². The summed E-state index contributed by atoms with van der Waals surface area (Å²) in [6.45, 7) is 0.144. The number of fused-ring (bicyclic) bond motifs is 1. The van der Waals surface area contributed by atoms with E-state index < -0.39 is 22.7 Å². The Morgan fingerprint density at radius 3 is 2.35 bits per heavy atom. The Balaban J connectivity index is 1.44. The second-order valence-corrected chi connectivity index (χ2v) is 8.42. The molecule has 0 aromatic heterocycles. The van der Waals surface area contributed by atoms with Crippen molar-refractivity contribution in [1.82, 2.24) is 10.2 Å². The molecule has 4 aromatic rings. The van der Waals surface area contributed by atoms with Gasteiger partial charge in [-0.15, -0.1) is 0 Å². The van der Waals surface area contributed by atoms with Crippen LogP contribution in [0.25, 0.3) is 16.8 Å². The molecule has 1 fully saturated rings. The number of benzene rings is 4. The van der Waals surface area contributed by atoms with Gasteiger partial charge in [0.2, 0.25) is 0 Å². The van der Waals surface area contributed by atoms with Gasteiger partial charge < -0.3 is 10.1 Å². The van der Waals surface area contributed by atoms with Crippen LogP contribution in [0.4, 0.5) is 14.9 Å². The molecule has 3 amide bonds. The zero-order chi connectivity index (χ0) is 25.9. The molecule has 9 heteroatoms. The van der Waals surface area contributed by atoms with Gasteiger partial charge in [0.05, 0.1) is 11.5 Å². The number of nitrogens with zero attached hydrogens (tertiary/aromatic N) is 2. The Kier molecular flexibility index (Phi) is 6.34. The highest BCUT2D eigenvalue weighted by Crippen LogP contribution is 2.32. The van der Waals surface area contributed by atoms with Crippen LogP contribution in [0.5, 0.6) is 5.75 Å². The number of rotatable bonds is 7. The minimum atomic E-state index is -0.575. The highest BCUT2D eigenvalue weighted by Gasteiger charge is 2.33. The van der Waals surface area contributed by atoms with Crippen LogP contribution >= 0.6 is 0 Å². The number of imide groups is 1. The van der Waals surface area contributed by atoms with E-state index in [2.05, 4.69) is 5.32 Å². The monoisotopic (exact) mass is 497 g/mol. The average Bonchev–Trinajstić information content (AvgIpc) is 3.17. The van der Waals surface area contributed by atoms with Crippen LogP contribution in [0, 0.1) is 15.9 Å². The van der Waals surface area contributed by atoms with E-state index in [1.807, 2.05) is 30.3 Å². The SMILES string of the molecule is O=C1N/C(=C/c2c(OCc3ccc([N+](=O)[O-])cc3)ccc3ccccc23)C(=O)N1Cc1ccc(F)cc1. The average molecular weight is 497 g/mol. The lowest BCUT2D eigenvalue weighted by Gasteiger charge is -2.13. The smallest absolute Gasteiger partial charge is 0.329 e. The van der Waals surface area contributed by atoms with E-state index in [9.17, 15) is 24.1 Å². The highest BCUT2D eigenvalue weighted by atomic mass is 19.1. The zero-order valence-electron chi connectivity index (χ0n) is 19.4. The number of nitrogens with one attached hydrogen (secondary N) is 1. The Morgan fingerprint density at radius 2 is 1.62 bits per heavy atom. The van der Waals surface area contributed by atoms with E-state index in [4.69, 9.17) is 4.74 Å². The normalized spacial score (nSPS) is 14.3. The third kappa shape index (κ3) is 5.01. The van der Waals surface area contributed by atoms with Crippen LogP contribution in [-0.4, -0.2) is 21.8 Å². The van der Waals surface area contributed by atoms with Crippen LogP contribution in [-0.2, 0) is 17.9 Å². The summed E-state index contributed by atoms with van der Waals surface area (Å²) in [5, 5.41) is 15.3. The summed E-state index contributed by atoms with van der Waals surface area (Å²) in [7, 11) is 0. The molecular formula is C28H20FN3O5. The number of carbonyl (C=O) groups is 2. The van der Waals surface area contributed by atoms with Crippen LogP contribution in [0.2, 0.25) is 0 Å². The highest BCUT2D eigenvalue weighted by molar-refractivity contribution is 6.14. The first-order chi connectivity index (χ1) is 17.9. The first-order valence-corrected chi connectivity index (χ1v) is 11.4. The molecule has 0 aliphatic carbocycles. The van der Waals surface area contributed by atoms with E-state index in [1.165, 1.54) is 36.4 Å². The Morgan fingerprint density at radius 1 is 0.919 bits per heavy atom. The van der Waals surface area contributed by atoms with E-state index in [-0.39, 0.29) is 24.5 Å². The van der Waals surface area contributed by atoms with Crippen molar-refractivity contribution in [1.29, 1.82) is 0 Å². The number of hydrogen-bond acceptors (Lipinski definition) is 5. The van der Waals surface area contributed by atoms with Gasteiger partial charge in [-0.2, -0.15) is 0 Å². The number of halogens is 1. The quantitative estimate of drug-likeness (QED) is 0.156. The van der Waals surface area contributed by atoms with E-state index >= 15 is 0 Å². The summed E-state index contributed by atoms with van der Waals surface area (Å²) >= 11 is 0. The molecule has 5 rings (SSSR count). The topological polar surface area (TPSA) is 102 Å². The molecule has 1 N–H and O–H groups in total. The van der Waals surface area contributed by atoms with Crippen LogP contribution in [0.3, 0.4) is 0 Å². The zero-order valence-corrected chi connectivity index (χ0v) is 19.4. The fourth-order valence-electron chi connectivity index (χ4n) is 4.06. The van der Waals surface area contributed by atoms with E-state index in [1.54, 1.807) is 24.3 Å². The third-order valence-electron chi connectivity index (χ3n) is 5.98. The molecule has 1 aliphatic rings.